The van der Waals surface area contributed by atoms with E-state index in [1.54, 1.807) is 0 Å². The standard InChI is InChI=1S/C15H12O6.C13H10O5.CH2O3.Na/c1-7-4-11(17)13-10(14(7)18)5-9(15(19)20-3)6-12(13)21-8(2)16;1-6-3-9(14)11-8(12(6)16)4-7(5-10(11)15)13(17)18-2;2-1-4-3;/h4-6H,1-3H3;3-5,15H,1-2H3;1,3H;/q;;;+1/p-1. The van der Waals surface area contributed by atoms with Crippen LogP contribution in [-0.4, -0.2) is 66.8 Å². The summed E-state index contributed by atoms with van der Waals surface area (Å²) in [5, 5.41) is 18.2. The fourth-order valence-corrected chi connectivity index (χ4v) is 3.91. The van der Waals surface area contributed by atoms with Gasteiger partial charge < -0.3 is 29.5 Å². The molecule has 0 bridgehead atoms. The maximum Gasteiger partial charge on any atom is 1.00 e. The van der Waals surface area contributed by atoms with E-state index in [1.165, 1.54) is 58.4 Å². The summed E-state index contributed by atoms with van der Waals surface area (Å²) in [7, 11) is 2.38. The number of ketones is 4. The number of rotatable bonds is 4. The van der Waals surface area contributed by atoms with Gasteiger partial charge in [-0.1, -0.05) is 0 Å². The van der Waals surface area contributed by atoms with Crippen LogP contribution >= 0.6 is 0 Å². The van der Waals surface area contributed by atoms with Crippen molar-refractivity contribution in [3.63, 3.8) is 0 Å². The van der Waals surface area contributed by atoms with Crippen molar-refractivity contribution in [2.24, 2.45) is 0 Å². The predicted molar refractivity (Wildman–Crippen MR) is 141 cm³/mol. The third-order valence-corrected chi connectivity index (χ3v) is 5.75. The molecule has 0 amide bonds. The first kappa shape index (κ1) is 37.3. The van der Waals surface area contributed by atoms with Crippen LogP contribution in [0.25, 0.3) is 0 Å². The summed E-state index contributed by atoms with van der Waals surface area (Å²) in [6.07, 6.45) is 2.34. The summed E-state index contributed by atoms with van der Waals surface area (Å²) in [6, 6.07) is 4.86. The summed E-state index contributed by atoms with van der Waals surface area (Å²) in [5.74, 6) is -4.23. The second kappa shape index (κ2) is 16.2. The summed E-state index contributed by atoms with van der Waals surface area (Å²) < 4.78 is 14.0. The van der Waals surface area contributed by atoms with Gasteiger partial charge in [0.05, 0.1) is 36.5 Å². The molecule has 0 spiro atoms. The molecule has 2 aliphatic rings. The molecule has 0 aromatic heterocycles. The average Bonchev–Trinajstić information content (AvgIpc) is 2.97. The van der Waals surface area contributed by atoms with E-state index in [0.29, 0.717) is 0 Å². The Labute approximate surface area is 271 Å². The number of phenolic OH excluding ortho intramolecular Hbond substituents is 1. The summed E-state index contributed by atoms with van der Waals surface area (Å²) in [6.45, 7) is 3.98. The number of ether oxygens (including phenoxy) is 3. The van der Waals surface area contributed by atoms with Gasteiger partial charge in [-0.05, 0) is 50.3 Å². The Bertz CT molecular complexity index is 1630. The van der Waals surface area contributed by atoms with E-state index >= 15 is 0 Å². The largest absolute Gasteiger partial charge is 1.00 e. The Kier molecular flexibility index (Phi) is 13.7. The maximum atomic E-state index is 12.2. The van der Waals surface area contributed by atoms with Gasteiger partial charge in [-0.15, -0.1) is 0 Å². The van der Waals surface area contributed by atoms with Crippen molar-refractivity contribution in [3.05, 3.63) is 80.9 Å². The van der Waals surface area contributed by atoms with Gasteiger partial charge in [0.15, 0.2) is 23.1 Å². The van der Waals surface area contributed by atoms with Gasteiger partial charge in [-0.2, -0.15) is 0 Å². The molecule has 0 radical (unpaired) electrons. The average molecular weight is 618 g/mol. The van der Waals surface area contributed by atoms with Crippen molar-refractivity contribution in [1.29, 1.82) is 0 Å². The van der Waals surface area contributed by atoms with Crippen molar-refractivity contribution in [2.75, 3.05) is 14.2 Å². The number of carbonyl (C=O) groups is 8. The third kappa shape index (κ3) is 8.41. The molecule has 0 saturated carbocycles. The molecule has 4 rings (SSSR count). The number of hydrogen-bond donors (Lipinski definition) is 1. The molecule has 0 fully saturated rings. The van der Waals surface area contributed by atoms with Crippen LogP contribution in [-0.2, 0) is 24.0 Å². The molecule has 2 aromatic rings. The van der Waals surface area contributed by atoms with Crippen LogP contribution in [0, 0.1) is 0 Å². The fraction of sp³-hybridized carbons (Fsp3) is 0.172. The van der Waals surface area contributed by atoms with Crippen LogP contribution in [0.3, 0.4) is 0 Å². The van der Waals surface area contributed by atoms with Crippen molar-refractivity contribution in [1.82, 2.24) is 0 Å². The molecule has 0 unspecified atom stereocenters. The minimum Gasteiger partial charge on any atom is -0.662 e. The van der Waals surface area contributed by atoms with E-state index in [-0.39, 0.29) is 92.1 Å². The number of benzene rings is 2. The van der Waals surface area contributed by atoms with Crippen LogP contribution in [0.4, 0.5) is 0 Å². The number of hydrogen-bond acceptors (Lipinski definition) is 14. The van der Waals surface area contributed by atoms with E-state index in [4.69, 9.17) is 14.8 Å². The molecule has 2 aromatic carbocycles. The zero-order valence-corrected chi connectivity index (χ0v) is 26.3. The minimum absolute atomic E-state index is 0. The Morgan fingerprint density at radius 2 is 1.18 bits per heavy atom. The van der Waals surface area contributed by atoms with E-state index in [1.807, 2.05) is 0 Å². The van der Waals surface area contributed by atoms with Gasteiger partial charge in [0.1, 0.15) is 11.5 Å². The SMILES string of the molecule is COC(=O)c1cc(O)c2c(c1)C(=O)C(C)=CC2=O.COC(=O)c1cc(OC(C)=O)c2c(c1)C(=O)C(C)=CC2=O.O=CO[O-].[Na+]. The number of esters is 3. The van der Waals surface area contributed by atoms with Gasteiger partial charge in [0.25, 0.3) is 6.47 Å². The second-order valence-corrected chi connectivity index (χ2v) is 8.63. The van der Waals surface area contributed by atoms with Gasteiger partial charge in [0, 0.05) is 29.2 Å². The van der Waals surface area contributed by atoms with Crippen molar-refractivity contribution < 1.29 is 97.4 Å². The van der Waals surface area contributed by atoms with E-state index in [0.717, 1.165) is 13.0 Å². The van der Waals surface area contributed by atoms with Crippen molar-refractivity contribution >= 4 is 47.5 Å². The van der Waals surface area contributed by atoms with Crippen LogP contribution in [0.1, 0.15) is 82.9 Å². The van der Waals surface area contributed by atoms with Gasteiger partial charge >= 0.3 is 47.5 Å². The number of methoxy groups -OCH3 is 2. The number of carbonyl (C=O) groups excluding carboxylic acids is 8. The van der Waals surface area contributed by atoms with Gasteiger partial charge in [0.2, 0.25) is 0 Å². The van der Waals surface area contributed by atoms with Crippen LogP contribution in [0.2, 0.25) is 0 Å². The Balaban J connectivity index is 0.000000388. The van der Waals surface area contributed by atoms with Crippen molar-refractivity contribution in [2.45, 2.75) is 20.8 Å². The number of aromatic hydroxyl groups is 1. The molecule has 2 aliphatic carbocycles. The molecule has 224 valence electrons. The van der Waals surface area contributed by atoms with Crippen LogP contribution in [0.5, 0.6) is 11.5 Å². The quantitative estimate of drug-likeness (QED) is 0.105. The number of Topliss-reactive ketones (excluding diaryl/α,β-unsaturated/α-hetero) is 2. The monoisotopic (exact) mass is 618 g/mol. The first-order chi connectivity index (χ1) is 20.2. The molecule has 14 nitrogen and oxygen atoms in total. The number of fused-ring (bicyclic) bond motifs is 2. The zero-order chi connectivity index (χ0) is 32.6. The molecule has 0 aliphatic heterocycles. The first-order valence-corrected chi connectivity index (χ1v) is 11.9. The van der Waals surface area contributed by atoms with Crippen LogP contribution in [0.15, 0.2) is 47.6 Å². The summed E-state index contributed by atoms with van der Waals surface area (Å²) in [5.41, 5.74) is 0.552. The first-order valence-electron chi connectivity index (χ1n) is 11.9. The Morgan fingerprint density at radius 1 is 0.773 bits per heavy atom. The molecular formula is C29H23NaO14. The zero-order valence-electron chi connectivity index (χ0n) is 24.3. The Morgan fingerprint density at radius 3 is 1.59 bits per heavy atom. The second-order valence-electron chi connectivity index (χ2n) is 8.63. The maximum absolute atomic E-state index is 12.2. The topological polar surface area (TPSA) is 217 Å². The number of phenols is 1. The molecule has 0 heterocycles. The molecule has 0 saturated heterocycles. The predicted octanol–water partition coefficient (Wildman–Crippen LogP) is -1.33. The van der Waals surface area contributed by atoms with E-state index in [2.05, 4.69) is 14.4 Å². The normalized spacial score (nSPS) is 12.6. The fourth-order valence-electron chi connectivity index (χ4n) is 3.91. The summed E-state index contributed by atoms with van der Waals surface area (Å²) in [4.78, 5) is 93.2. The van der Waals surface area contributed by atoms with Crippen molar-refractivity contribution in [3.8, 4) is 11.5 Å². The summed E-state index contributed by atoms with van der Waals surface area (Å²) >= 11 is 0. The van der Waals surface area contributed by atoms with Gasteiger partial charge in [-0.25, -0.2) is 9.59 Å². The smallest absolute Gasteiger partial charge is 0.662 e. The molecule has 44 heavy (non-hydrogen) atoms. The van der Waals surface area contributed by atoms with Crippen LogP contribution < -0.4 is 39.6 Å². The Hall–Kier alpha value is -4.76. The minimum atomic E-state index is -0.696. The van der Waals surface area contributed by atoms with Gasteiger partial charge in [-0.3, -0.25) is 28.8 Å². The number of allylic oxidation sites excluding steroid dienone is 4. The molecule has 1 N–H and O–H groups in total. The van der Waals surface area contributed by atoms with E-state index in [9.17, 15) is 38.7 Å². The molecular weight excluding hydrogens is 595 g/mol. The van der Waals surface area contributed by atoms with E-state index < -0.39 is 41.0 Å². The molecule has 15 heteroatoms. The third-order valence-electron chi connectivity index (χ3n) is 5.75. The molecule has 0 atom stereocenters.